The van der Waals surface area contributed by atoms with Crippen molar-refractivity contribution in [3.63, 3.8) is 0 Å². The van der Waals surface area contributed by atoms with Gasteiger partial charge in [0, 0.05) is 0 Å². The molecule has 1 unspecified atom stereocenters. The van der Waals surface area contributed by atoms with Crippen molar-refractivity contribution in [1.82, 2.24) is 9.78 Å². The first kappa shape index (κ1) is 13.1. The van der Waals surface area contributed by atoms with E-state index in [0.29, 0.717) is 5.69 Å². The minimum absolute atomic E-state index is 0.0486. The summed E-state index contributed by atoms with van der Waals surface area (Å²) in [6.07, 6.45) is -0.113. The summed E-state index contributed by atoms with van der Waals surface area (Å²) in [5.41, 5.74) is 0.672. The van der Waals surface area contributed by atoms with E-state index in [-0.39, 0.29) is 18.2 Å². The van der Waals surface area contributed by atoms with Crippen LogP contribution in [-0.2, 0) is 4.79 Å². The Hall–Kier alpha value is -1.92. The van der Waals surface area contributed by atoms with Crippen molar-refractivity contribution in [3.05, 3.63) is 21.9 Å². The monoisotopic (exact) mass is 241 g/mol. The number of aliphatic carboxylic acids is 1. The lowest BCUT2D eigenvalue weighted by atomic mass is 10.1. The third-order valence-corrected chi connectivity index (χ3v) is 2.42. The van der Waals surface area contributed by atoms with Crippen LogP contribution in [0.2, 0.25) is 0 Å². The lowest BCUT2D eigenvalue weighted by molar-refractivity contribution is -0.389. The summed E-state index contributed by atoms with van der Waals surface area (Å²) in [4.78, 5) is 20.7. The molecule has 7 nitrogen and oxygen atoms in total. The van der Waals surface area contributed by atoms with Gasteiger partial charge in [-0.1, -0.05) is 13.8 Å². The second-order valence-corrected chi connectivity index (χ2v) is 4.23. The standard InChI is InChI=1S/C10H15N3O4/c1-6(2)8-5-9(13(16)17)11-12(8)7(3)4-10(14)15/h5-7H,4H2,1-3H3,(H,14,15). The highest BCUT2D eigenvalue weighted by atomic mass is 16.6. The van der Waals surface area contributed by atoms with Crippen molar-refractivity contribution in [1.29, 1.82) is 0 Å². The highest BCUT2D eigenvalue weighted by Gasteiger charge is 2.24. The van der Waals surface area contributed by atoms with E-state index >= 15 is 0 Å². The molecule has 0 fully saturated rings. The lowest BCUT2D eigenvalue weighted by Crippen LogP contribution is -2.15. The van der Waals surface area contributed by atoms with E-state index < -0.39 is 16.9 Å². The molecule has 0 aliphatic heterocycles. The van der Waals surface area contributed by atoms with E-state index in [1.165, 1.54) is 10.7 Å². The van der Waals surface area contributed by atoms with E-state index in [9.17, 15) is 14.9 Å². The zero-order valence-corrected chi connectivity index (χ0v) is 9.95. The molecule has 0 bridgehead atoms. The maximum atomic E-state index is 10.6. The molecule has 1 N–H and O–H groups in total. The van der Waals surface area contributed by atoms with Gasteiger partial charge in [0.1, 0.15) is 0 Å². The maximum Gasteiger partial charge on any atom is 0.390 e. The van der Waals surface area contributed by atoms with Crippen LogP contribution in [0.25, 0.3) is 0 Å². The fourth-order valence-corrected chi connectivity index (χ4v) is 1.61. The lowest BCUT2D eigenvalue weighted by Gasteiger charge is -2.11. The topological polar surface area (TPSA) is 98.3 Å². The van der Waals surface area contributed by atoms with Crippen LogP contribution in [0.1, 0.15) is 44.8 Å². The normalized spacial score (nSPS) is 12.7. The first-order chi connectivity index (χ1) is 7.82. The third kappa shape index (κ3) is 3.02. The molecule has 0 aliphatic carbocycles. The molecule has 0 amide bonds. The van der Waals surface area contributed by atoms with E-state index in [1.807, 2.05) is 13.8 Å². The average molecular weight is 241 g/mol. The number of carboxylic acid groups (broad SMARTS) is 1. The Morgan fingerprint density at radius 1 is 1.59 bits per heavy atom. The minimum Gasteiger partial charge on any atom is -0.481 e. The van der Waals surface area contributed by atoms with Crippen molar-refractivity contribution in [2.75, 3.05) is 0 Å². The molecule has 0 spiro atoms. The van der Waals surface area contributed by atoms with Gasteiger partial charge in [0.15, 0.2) is 0 Å². The summed E-state index contributed by atoms with van der Waals surface area (Å²) < 4.78 is 1.43. The van der Waals surface area contributed by atoms with Gasteiger partial charge < -0.3 is 15.2 Å². The van der Waals surface area contributed by atoms with E-state index in [4.69, 9.17) is 5.11 Å². The summed E-state index contributed by atoms with van der Waals surface area (Å²) in [5, 5.41) is 23.2. The van der Waals surface area contributed by atoms with Gasteiger partial charge in [-0.15, -0.1) is 0 Å². The maximum absolute atomic E-state index is 10.6. The number of nitro groups is 1. The van der Waals surface area contributed by atoms with Crippen molar-refractivity contribution in [2.24, 2.45) is 0 Å². The van der Waals surface area contributed by atoms with E-state index in [2.05, 4.69) is 5.10 Å². The minimum atomic E-state index is -0.953. The van der Waals surface area contributed by atoms with Gasteiger partial charge in [0.2, 0.25) is 0 Å². The fraction of sp³-hybridized carbons (Fsp3) is 0.600. The number of rotatable bonds is 5. The quantitative estimate of drug-likeness (QED) is 0.627. The summed E-state index contributed by atoms with van der Waals surface area (Å²) in [6.45, 7) is 5.44. The summed E-state index contributed by atoms with van der Waals surface area (Å²) in [7, 11) is 0. The van der Waals surface area contributed by atoms with Gasteiger partial charge in [0.05, 0.1) is 29.3 Å². The molecular weight excluding hydrogens is 226 g/mol. The zero-order valence-electron chi connectivity index (χ0n) is 9.95. The van der Waals surface area contributed by atoms with Gasteiger partial charge in [-0.2, -0.15) is 4.68 Å². The number of carboxylic acids is 1. The highest BCUT2D eigenvalue weighted by molar-refractivity contribution is 5.67. The molecule has 0 saturated heterocycles. The molecule has 0 aromatic carbocycles. The van der Waals surface area contributed by atoms with Gasteiger partial charge in [-0.25, -0.2) is 0 Å². The second kappa shape index (κ2) is 4.94. The summed E-state index contributed by atoms with van der Waals surface area (Å²) in [5.74, 6) is -1.15. The predicted octanol–water partition coefficient (Wildman–Crippen LogP) is 1.95. The van der Waals surface area contributed by atoms with Crippen molar-refractivity contribution in [2.45, 2.75) is 39.2 Å². The molecule has 0 saturated carbocycles. The molecule has 0 radical (unpaired) electrons. The van der Waals surface area contributed by atoms with Crippen molar-refractivity contribution < 1.29 is 14.8 Å². The van der Waals surface area contributed by atoms with Crippen LogP contribution in [0.3, 0.4) is 0 Å². The van der Waals surface area contributed by atoms with Gasteiger partial charge in [-0.3, -0.25) is 4.79 Å². The molecule has 1 atom stereocenters. The van der Waals surface area contributed by atoms with E-state index in [1.54, 1.807) is 6.92 Å². The second-order valence-electron chi connectivity index (χ2n) is 4.23. The SMILES string of the molecule is CC(C)c1cc([N+](=O)[O-])nn1C(C)CC(=O)O. The number of hydrogen-bond donors (Lipinski definition) is 1. The molecule has 1 aromatic rings. The van der Waals surface area contributed by atoms with Crippen LogP contribution in [0.15, 0.2) is 6.07 Å². The zero-order chi connectivity index (χ0) is 13.2. The predicted molar refractivity (Wildman–Crippen MR) is 59.9 cm³/mol. The molecule has 1 rings (SSSR count). The largest absolute Gasteiger partial charge is 0.481 e. The van der Waals surface area contributed by atoms with Crippen LogP contribution < -0.4 is 0 Å². The highest BCUT2D eigenvalue weighted by Crippen LogP contribution is 2.24. The number of nitrogens with zero attached hydrogens (tertiary/aromatic N) is 3. The van der Waals surface area contributed by atoms with E-state index in [0.717, 1.165) is 0 Å². The Bertz CT molecular complexity index is 439. The number of carbonyl (C=O) groups is 1. The first-order valence-electron chi connectivity index (χ1n) is 5.28. The Kier molecular flexibility index (Phi) is 3.82. The van der Waals surface area contributed by atoms with Crippen LogP contribution in [0, 0.1) is 10.1 Å². The smallest absolute Gasteiger partial charge is 0.390 e. The molecule has 1 aromatic heterocycles. The molecule has 7 heteroatoms. The Balaban J connectivity index is 3.11. The van der Waals surface area contributed by atoms with Crippen LogP contribution in [-0.4, -0.2) is 25.8 Å². The molecular formula is C10H15N3O4. The van der Waals surface area contributed by atoms with Crippen LogP contribution in [0.4, 0.5) is 5.82 Å². The first-order valence-corrected chi connectivity index (χ1v) is 5.28. The Labute approximate surface area is 98.2 Å². The van der Waals surface area contributed by atoms with Crippen molar-refractivity contribution in [3.8, 4) is 0 Å². The third-order valence-electron chi connectivity index (χ3n) is 2.42. The van der Waals surface area contributed by atoms with Gasteiger partial charge in [0.25, 0.3) is 0 Å². The fourth-order valence-electron chi connectivity index (χ4n) is 1.61. The Morgan fingerprint density at radius 3 is 2.59 bits per heavy atom. The van der Waals surface area contributed by atoms with Gasteiger partial charge in [-0.05, 0) is 17.8 Å². The number of hydrogen-bond acceptors (Lipinski definition) is 4. The molecule has 0 aliphatic rings. The summed E-state index contributed by atoms with van der Waals surface area (Å²) >= 11 is 0. The molecule has 94 valence electrons. The molecule has 1 heterocycles. The Morgan fingerprint density at radius 2 is 2.18 bits per heavy atom. The number of aromatic nitrogens is 2. The van der Waals surface area contributed by atoms with Crippen LogP contribution in [0.5, 0.6) is 0 Å². The van der Waals surface area contributed by atoms with Crippen LogP contribution >= 0.6 is 0 Å². The van der Waals surface area contributed by atoms with Crippen molar-refractivity contribution >= 4 is 11.8 Å². The summed E-state index contributed by atoms with van der Waals surface area (Å²) in [6, 6.07) is 0.988. The molecule has 17 heavy (non-hydrogen) atoms. The van der Waals surface area contributed by atoms with Gasteiger partial charge >= 0.3 is 11.8 Å². The average Bonchev–Trinajstić information content (AvgIpc) is 2.60.